The van der Waals surface area contributed by atoms with Gasteiger partial charge in [-0.2, -0.15) is 0 Å². The zero-order valence-electron chi connectivity index (χ0n) is 22.0. The fraction of sp³-hybridized carbons (Fsp3) is 0.615. The smallest absolute Gasteiger partial charge is 0.191 e. The lowest BCUT2D eigenvalue weighted by Crippen LogP contribution is -2.31. The van der Waals surface area contributed by atoms with E-state index in [0.717, 1.165) is 30.2 Å². The molecule has 1 aromatic carbocycles. The fourth-order valence-electron chi connectivity index (χ4n) is 5.55. The van der Waals surface area contributed by atoms with Gasteiger partial charge in [0.2, 0.25) is 0 Å². The minimum Gasteiger partial charge on any atom is -0.394 e. The van der Waals surface area contributed by atoms with Crippen LogP contribution in [0.3, 0.4) is 0 Å². The Morgan fingerprint density at radius 3 is 2.77 bits per heavy atom. The van der Waals surface area contributed by atoms with Crippen molar-refractivity contribution in [1.29, 1.82) is 0 Å². The van der Waals surface area contributed by atoms with Crippen LogP contribution in [-0.4, -0.2) is 79.2 Å². The van der Waals surface area contributed by atoms with Crippen molar-refractivity contribution in [2.45, 2.75) is 87.3 Å². The van der Waals surface area contributed by atoms with Crippen molar-refractivity contribution < 1.29 is 28.1 Å². The molecule has 3 aliphatic rings. The molecule has 2 N–H and O–H groups in total. The molecule has 0 bridgehead atoms. The second-order valence-electron chi connectivity index (χ2n) is 10.7. The minimum atomic E-state index is -0.853. The molecule has 210 valence electrons. The molecule has 2 saturated carbocycles. The van der Waals surface area contributed by atoms with Gasteiger partial charge in [-0.25, -0.2) is 23.4 Å². The average Bonchev–Trinajstić information content (AvgIpc) is 3.24. The van der Waals surface area contributed by atoms with Gasteiger partial charge in [-0.05, 0) is 44.4 Å². The lowest BCUT2D eigenvalue weighted by atomic mass is 10.1. The maximum atomic E-state index is 13.8. The monoisotopic (exact) mass is 562 g/mol. The zero-order chi connectivity index (χ0) is 27.3. The van der Waals surface area contributed by atoms with Gasteiger partial charge in [0.15, 0.2) is 39.6 Å². The molecular formula is C26H32F2N6O4S. The van der Waals surface area contributed by atoms with E-state index < -0.39 is 17.4 Å². The molecule has 39 heavy (non-hydrogen) atoms. The minimum absolute atomic E-state index is 0.00150. The van der Waals surface area contributed by atoms with Gasteiger partial charge < -0.3 is 24.6 Å². The molecule has 3 fully saturated rings. The molecule has 1 aliphatic heterocycles. The number of benzene rings is 1. The molecular weight excluding hydrogens is 530 g/mol. The molecule has 0 amide bonds. The van der Waals surface area contributed by atoms with E-state index in [1.54, 1.807) is 22.5 Å². The van der Waals surface area contributed by atoms with Crippen molar-refractivity contribution in [1.82, 2.24) is 25.0 Å². The summed E-state index contributed by atoms with van der Waals surface area (Å²) in [4.78, 5) is 9.57. The Morgan fingerprint density at radius 2 is 2.00 bits per heavy atom. The number of hydrogen-bond acceptors (Lipinski definition) is 10. The third kappa shape index (κ3) is 5.22. The first-order chi connectivity index (χ1) is 18.8. The highest BCUT2D eigenvalue weighted by Crippen LogP contribution is 2.46. The molecule has 10 nitrogen and oxygen atoms in total. The van der Waals surface area contributed by atoms with Gasteiger partial charge in [0.25, 0.3) is 0 Å². The van der Waals surface area contributed by atoms with Gasteiger partial charge in [-0.1, -0.05) is 30.0 Å². The highest BCUT2D eigenvalue weighted by atomic mass is 32.2. The predicted molar refractivity (Wildman–Crippen MR) is 140 cm³/mol. The first kappa shape index (κ1) is 26.8. The van der Waals surface area contributed by atoms with E-state index in [9.17, 15) is 13.9 Å². The lowest BCUT2D eigenvalue weighted by molar-refractivity contribution is -0.171. The summed E-state index contributed by atoms with van der Waals surface area (Å²) in [6.45, 7) is 5.96. The van der Waals surface area contributed by atoms with E-state index >= 15 is 0 Å². The maximum Gasteiger partial charge on any atom is 0.191 e. The number of aliphatic hydroxyl groups is 1. The predicted octanol–water partition coefficient (Wildman–Crippen LogP) is 3.81. The number of hydrogen-bond donors (Lipinski definition) is 2. The van der Waals surface area contributed by atoms with Crippen LogP contribution in [-0.2, 0) is 14.2 Å². The third-order valence-electron chi connectivity index (χ3n) is 7.34. The normalized spacial score (nSPS) is 29.2. The molecule has 3 heterocycles. The molecule has 6 rings (SSSR count). The van der Waals surface area contributed by atoms with Crippen molar-refractivity contribution in [3.05, 3.63) is 35.4 Å². The van der Waals surface area contributed by atoms with Crippen LogP contribution < -0.4 is 5.32 Å². The molecule has 6 atom stereocenters. The molecule has 2 aromatic heterocycles. The number of anilines is 1. The highest BCUT2D eigenvalue weighted by Gasteiger charge is 2.56. The van der Waals surface area contributed by atoms with Crippen LogP contribution in [0.2, 0.25) is 0 Å². The number of nitrogens with one attached hydrogen (secondary N) is 1. The number of nitrogens with zero attached hydrogens (tertiary/aromatic N) is 5. The SMILES string of the molecule is CCCSc1nc(N[C@H]2C[C@@H]2c2ccc(F)c(F)c2)c2nnn([C@H]3C[C@@H](OCCO)[C@@H]4OC(C)(C)O[C@@H]43)c2n1. The van der Waals surface area contributed by atoms with E-state index in [2.05, 4.69) is 22.6 Å². The van der Waals surface area contributed by atoms with Crippen LogP contribution in [0.25, 0.3) is 11.2 Å². The fourth-order valence-corrected chi connectivity index (χ4v) is 6.24. The van der Waals surface area contributed by atoms with E-state index in [1.165, 1.54) is 6.07 Å². The van der Waals surface area contributed by atoms with Gasteiger partial charge >= 0.3 is 0 Å². The number of aromatic nitrogens is 5. The molecule has 2 aliphatic carbocycles. The Bertz CT molecular complexity index is 1360. The first-order valence-corrected chi connectivity index (χ1v) is 14.3. The standard InChI is InChI=1S/C26H32F2N6O4S/c1-4-9-39-25-30-23(29-17-11-14(17)13-5-6-15(27)16(28)10-13)20-24(31-25)34(33-32-20)18-12-19(36-8-7-35)22-21(18)37-26(2,3)38-22/h5-6,10,14,17-19,21-22,35H,4,7-9,11-12H2,1-3H3,(H,29,30,31)/t14-,17+,18+,19-,21-,22+/m1/s1. The van der Waals surface area contributed by atoms with Crippen LogP contribution in [0.15, 0.2) is 23.4 Å². The van der Waals surface area contributed by atoms with Crippen LogP contribution in [0, 0.1) is 11.6 Å². The van der Waals surface area contributed by atoms with Gasteiger partial charge in [-0.15, -0.1) is 5.10 Å². The lowest BCUT2D eigenvalue weighted by Gasteiger charge is -2.23. The Kier molecular flexibility index (Phi) is 7.21. The van der Waals surface area contributed by atoms with E-state index in [4.69, 9.17) is 24.2 Å². The first-order valence-electron chi connectivity index (χ1n) is 13.3. The molecule has 1 saturated heterocycles. The highest BCUT2D eigenvalue weighted by molar-refractivity contribution is 7.99. The van der Waals surface area contributed by atoms with Crippen LogP contribution >= 0.6 is 11.8 Å². The summed E-state index contributed by atoms with van der Waals surface area (Å²) in [6.07, 6.45) is 1.38. The van der Waals surface area contributed by atoms with Crippen LogP contribution in [0.1, 0.15) is 57.6 Å². The topological polar surface area (TPSA) is 116 Å². The Morgan fingerprint density at radius 1 is 1.18 bits per heavy atom. The van der Waals surface area contributed by atoms with Crippen molar-refractivity contribution in [3.63, 3.8) is 0 Å². The molecule has 0 spiro atoms. The van der Waals surface area contributed by atoms with Crippen molar-refractivity contribution >= 4 is 28.7 Å². The van der Waals surface area contributed by atoms with E-state index in [1.807, 2.05) is 13.8 Å². The van der Waals surface area contributed by atoms with E-state index in [-0.39, 0.29) is 49.5 Å². The van der Waals surface area contributed by atoms with Crippen molar-refractivity contribution in [2.24, 2.45) is 0 Å². The summed E-state index contributed by atoms with van der Waals surface area (Å²) in [5.74, 6) is -1.03. The average molecular weight is 563 g/mol. The molecule has 0 radical (unpaired) electrons. The largest absolute Gasteiger partial charge is 0.394 e. The summed E-state index contributed by atoms with van der Waals surface area (Å²) < 4.78 is 47.4. The van der Waals surface area contributed by atoms with Crippen LogP contribution in [0.5, 0.6) is 0 Å². The van der Waals surface area contributed by atoms with Crippen molar-refractivity contribution in [3.8, 4) is 0 Å². The summed E-state index contributed by atoms with van der Waals surface area (Å²) >= 11 is 1.55. The molecule has 13 heteroatoms. The number of ether oxygens (including phenoxy) is 3. The number of rotatable bonds is 10. The number of halogens is 2. The zero-order valence-corrected chi connectivity index (χ0v) is 22.8. The maximum absolute atomic E-state index is 13.8. The van der Waals surface area contributed by atoms with Gasteiger partial charge in [-0.3, -0.25) is 0 Å². The summed E-state index contributed by atoms with van der Waals surface area (Å²) in [5, 5.41) is 22.3. The molecule has 0 unspecified atom stereocenters. The summed E-state index contributed by atoms with van der Waals surface area (Å²) in [6, 6.07) is 3.80. The summed E-state index contributed by atoms with van der Waals surface area (Å²) in [5.41, 5.74) is 1.85. The Labute approximate surface area is 228 Å². The Hall–Kier alpha value is -2.45. The van der Waals surface area contributed by atoms with Gasteiger partial charge in [0.1, 0.15) is 12.2 Å². The number of fused-ring (bicyclic) bond motifs is 2. The second-order valence-corrected chi connectivity index (χ2v) is 11.7. The number of aliphatic hydroxyl groups excluding tert-OH is 1. The van der Waals surface area contributed by atoms with Crippen molar-refractivity contribution in [2.75, 3.05) is 24.3 Å². The Balaban J connectivity index is 1.31. The van der Waals surface area contributed by atoms with Crippen LogP contribution in [0.4, 0.5) is 14.6 Å². The quantitative estimate of drug-likeness (QED) is 0.279. The number of thioether (sulfide) groups is 1. The third-order valence-corrected chi connectivity index (χ3v) is 8.40. The van der Waals surface area contributed by atoms with E-state index in [0.29, 0.717) is 28.6 Å². The molecule has 3 aromatic rings. The second kappa shape index (κ2) is 10.5. The van der Waals surface area contributed by atoms with Gasteiger partial charge in [0, 0.05) is 24.1 Å². The summed E-state index contributed by atoms with van der Waals surface area (Å²) in [7, 11) is 0. The van der Waals surface area contributed by atoms with Gasteiger partial charge in [0.05, 0.1) is 25.4 Å².